The largest absolute Gasteiger partial charge is 0.484 e. The smallest absolute Gasteiger partial charge is 0.417 e. The fraction of sp³-hybridized carbons (Fsp3) is 0.368. The molecule has 1 aromatic carbocycles. The molecule has 1 aliphatic heterocycles. The van der Waals surface area contributed by atoms with Gasteiger partial charge in [0.2, 0.25) is 0 Å². The number of aryl methyl sites for hydroxylation is 1. The molecule has 0 unspecified atom stereocenters. The van der Waals surface area contributed by atoms with Crippen LogP contribution in [0.5, 0.6) is 5.75 Å². The maximum absolute atomic E-state index is 12.7. The van der Waals surface area contributed by atoms with E-state index in [0.29, 0.717) is 31.9 Å². The van der Waals surface area contributed by atoms with Crippen LogP contribution in [-0.4, -0.2) is 48.6 Å². The standard InChI is InChI=1S/C19H19ClF3N3O2/c1-13-4-2-3-5-16(13)28-12-17(27)25-6-8-26(9-7-25)18-15(20)10-14(11-24-18)19(21,22)23/h2-5,10-11H,6-9,12H2,1H3. The van der Waals surface area contributed by atoms with E-state index in [2.05, 4.69) is 4.98 Å². The average molecular weight is 414 g/mol. The number of hydrogen-bond donors (Lipinski definition) is 0. The maximum atomic E-state index is 12.7. The molecule has 0 saturated carbocycles. The first-order valence-corrected chi connectivity index (χ1v) is 9.07. The van der Waals surface area contributed by atoms with E-state index in [4.69, 9.17) is 16.3 Å². The third-order valence-corrected chi connectivity index (χ3v) is 4.80. The van der Waals surface area contributed by atoms with E-state index in [0.717, 1.165) is 17.8 Å². The fourth-order valence-corrected chi connectivity index (χ4v) is 3.22. The summed E-state index contributed by atoms with van der Waals surface area (Å²) in [7, 11) is 0. The highest BCUT2D eigenvalue weighted by Gasteiger charge is 2.32. The number of halogens is 4. The van der Waals surface area contributed by atoms with Gasteiger partial charge in [-0.15, -0.1) is 0 Å². The Bertz CT molecular complexity index is 853. The van der Waals surface area contributed by atoms with Crippen LogP contribution >= 0.6 is 11.6 Å². The number of anilines is 1. The van der Waals surface area contributed by atoms with Crippen LogP contribution in [0.3, 0.4) is 0 Å². The summed E-state index contributed by atoms with van der Waals surface area (Å²) in [6, 6.07) is 8.31. The van der Waals surface area contributed by atoms with Gasteiger partial charge in [-0.25, -0.2) is 4.98 Å². The molecule has 1 saturated heterocycles. The molecular weight excluding hydrogens is 395 g/mol. The van der Waals surface area contributed by atoms with E-state index in [1.54, 1.807) is 15.9 Å². The molecule has 1 amide bonds. The molecule has 0 bridgehead atoms. The van der Waals surface area contributed by atoms with Gasteiger partial charge < -0.3 is 14.5 Å². The lowest BCUT2D eigenvalue weighted by atomic mass is 10.2. The number of alkyl halides is 3. The summed E-state index contributed by atoms with van der Waals surface area (Å²) in [5.41, 5.74) is 0.0616. The van der Waals surface area contributed by atoms with Gasteiger partial charge in [-0.05, 0) is 24.6 Å². The summed E-state index contributed by atoms with van der Waals surface area (Å²) in [6.07, 6.45) is -3.72. The van der Waals surface area contributed by atoms with Crippen molar-refractivity contribution in [2.45, 2.75) is 13.1 Å². The van der Waals surface area contributed by atoms with Crippen LogP contribution in [-0.2, 0) is 11.0 Å². The minimum atomic E-state index is -4.49. The first kappa shape index (κ1) is 20.3. The number of carbonyl (C=O) groups excluding carboxylic acids is 1. The number of rotatable bonds is 4. The molecule has 150 valence electrons. The molecule has 28 heavy (non-hydrogen) atoms. The topological polar surface area (TPSA) is 45.7 Å². The number of aromatic nitrogens is 1. The molecule has 2 aromatic rings. The molecule has 0 N–H and O–H groups in total. The van der Waals surface area contributed by atoms with Crippen LogP contribution < -0.4 is 9.64 Å². The predicted octanol–water partition coefficient (Wildman–Crippen LogP) is 3.79. The van der Waals surface area contributed by atoms with Crippen molar-refractivity contribution in [3.63, 3.8) is 0 Å². The molecule has 3 rings (SSSR count). The fourth-order valence-electron chi connectivity index (χ4n) is 2.94. The average Bonchev–Trinajstić information content (AvgIpc) is 2.66. The number of carbonyl (C=O) groups is 1. The first-order chi connectivity index (χ1) is 13.3. The molecule has 0 atom stereocenters. The van der Waals surface area contributed by atoms with Gasteiger partial charge >= 0.3 is 6.18 Å². The molecule has 1 aliphatic rings. The van der Waals surface area contributed by atoms with Crippen LogP contribution in [0.25, 0.3) is 0 Å². The Balaban J connectivity index is 1.55. The summed E-state index contributed by atoms with van der Waals surface area (Å²) in [5, 5.41) is -0.0579. The maximum Gasteiger partial charge on any atom is 0.417 e. The van der Waals surface area contributed by atoms with Gasteiger partial charge in [0.25, 0.3) is 5.91 Å². The molecule has 9 heteroatoms. The van der Waals surface area contributed by atoms with Crippen molar-refractivity contribution in [3.8, 4) is 5.75 Å². The highest BCUT2D eigenvalue weighted by Crippen LogP contribution is 2.33. The van der Waals surface area contributed by atoms with Crippen LogP contribution in [0, 0.1) is 6.92 Å². The second-order valence-electron chi connectivity index (χ2n) is 6.45. The van der Waals surface area contributed by atoms with Crippen LogP contribution in [0.4, 0.5) is 19.0 Å². The van der Waals surface area contributed by atoms with Gasteiger partial charge in [0, 0.05) is 32.4 Å². The van der Waals surface area contributed by atoms with Gasteiger partial charge in [-0.3, -0.25) is 4.79 Å². The highest BCUT2D eigenvalue weighted by molar-refractivity contribution is 6.33. The summed E-state index contributed by atoms with van der Waals surface area (Å²) >= 11 is 6.00. The van der Waals surface area contributed by atoms with Crippen molar-refractivity contribution in [1.29, 1.82) is 0 Å². The zero-order valence-electron chi connectivity index (χ0n) is 15.2. The monoisotopic (exact) mass is 413 g/mol. The van der Waals surface area contributed by atoms with Gasteiger partial charge in [-0.1, -0.05) is 29.8 Å². The van der Waals surface area contributed by atoms with Gasteiger partial charge in [-0.2, -0.15) is 13.2 Å². The van der Waals surface area contributed by atoms with Crippen molar-refractivity contribution in [2.75, 3.05) is 37.7 Å². The number of para-hydroxylation sites is 1. The number of piperazine rings is 1. The van der Waals surface area contributed by atoms with Gasteiger partial charge in [0.1, 0.15) is 11.6 Å². The Hall–Kier alpha value is -2.48. The van der Waals surface area contributed by atoms with Crippen molar-refractivity contribution in [2.24, 2.45) is 0 Å². The van der Waals surface area contributed by atoms with Crippen molar-refractivity contribution in [1.82, 2.24) is 9.88 Å². The number of ether oxygens (including phenoxy) is 1. The lowest BCUT2D eigenvalue weighted by Gasteiger charge is -2.35. The number of pyridine rings is 1. The Morgan fingerprint density at radius 3 is 2.50 bits per heavy atom. The summed E-state index contributed by atoms with van der Waals surface area (Å²) in [6.45, 7) is 3.51. The number of amides is 1. The normalized spacial score (nSPS) is 14.9. The van der Waals surface area contributed by atoms with Crippen LogP contribution in [0.15, 0.2) is 36.5 Å². The predicted molar refractivity (Wildman–Crippen MR) is 99.7 cm³/mol. The molecular formula is C19H19ClF3N3O2. The molecule has 2 heterocycles. The molecule has 5 nitrogen and oxygen atoms in total. The van der Waals surface area contributed by atoms with E-state index in [9.17, 15) is 18.0 Å². The third kappa shape index (κ3) is 4.67. The second kappa shape index (κ2) is 8.26. The van der Waals surface area contributed by atoms with E-state index in [1.807, 2.05) is 25.1 Å². The number of hydrogen-bond acceptors (Lipinski definition) is 4. The van der Waals surface area contributed by atoms with E-state index in [-0.39, 0.29) is 23.4 Å². The van der Waals surface area contributed by atoms with Gasteiger partial charge in [0.05, 0.1) is 10.6 Å². The Labute approximate surface area is 165 Å². The highest BCUT2D eigenvalue weighted by atomic mass is 35.5. The Morgan fingerprint density at radius 1 is 1.21 bits per heavy atom. The first-order valence-electron chi connectivity index (χ1n) is 8.69. The second-order valence-corrected chi connectivity index (χ2v) is 6.86. The molecule has 0 radical (unpaired) electrons. The van der Waals surface area contributed by atoms with Crippen molar-refractivity contribution >= 4 is 23.3 Å². The quantitative estimate of drug-likeness (QED) is 0.765. The van der Waals surface area contributed by atoms with E-state index < -0.39 is 11.7 Å². The minimum Gasteiger partial charge on any atom is -0.484 e. The van der Waals surface area contributed by atoms with Crippen molar-refractivity contribution < 1.29 is 22.7 Å². The van der Waals surface area contributed by atoms with Crippen molar-refractivity contribution in [3.05, 3.63) is 52.7 Å². The molecule has 1 fully saturated rings. The number of benzene rings is 1. The molecule has 0 spiro atoms. The van der Waals surface area contributed by atoms with Gasteiger partial charge in [0.15, 0.2) is 6.61 Å². The Morgan fingerprint density at radius 2 is 1.89 bits per heavy atom. The summed E-state index contributed by atoms with van der Waals surface area (Å²) in [4.78, 5) is 19.7. The lowest BCUT2D eigenvalue weighted by Crippen LogP contribution is -2.50. The minimum absolute atomic E-state index is 0.0579. The third-order valence-electron chi connectivity index (χ3n) is 4.53. The van der Waals surface area contributed by atoms with E-state index >= 15 is 0 Å². The molecule has 0 aliphatic carbocycles. The molecule has 1 aromatic heterocycles. The van der Waals surface area contributed by atoms with Crippen LogP contribution in [0.2, 0.25) is 5.02 Å². The van der Waals surface area contributed by atoms with Crippen LogP contribution in [0.1, 0.15) is 11.1 Å². The Kier molecular flexibility index (Phi) is 5.98. The SMILES string of the molecule is Cc1ccccc1OCC(=O)N1CCN(c2ncc(C(F)(F)F)cc2Cl)CC1. The summed E-state index contributed by atoms with van der Waals surface area (Å²) in [5.74, 6) is 0.808. The zero-order chi connectivity index (χ0) is 20.3. The lowest BCUT2D eigenvalue weighted by molar-refractivity contribution is -0.138. The zero-order valence-corrected chi connectivity index (χ0v) is 15.9. The number of nitrogens with zero attached hydrogens (tertiary/aromatic N) is 3. The summed E-state index contributed by atoms with van der Waals surface area (Å²) < 4.78 is 43.8. The van der Waals surface area contributed by atoms with E-state index in [1.165, 1.54) is 0 Å².